The molecule has 4 rings (SSSR count). The van der Waals surface area contributed by atoms with E-state index in [4.69, 9.17) is 37.1 Å². The number of ether oxygens (including phenoxy) is 2. The van der Waals surface area contributed by atoms with Crippen molar-refractivity contribution in [2.75, 3.05) is 18.5 Å². The molecule has 0 aliphatic carbocycles. The molecule has 0 spiro atoms. The highest BCUT2D eigenvalue weighted by atomic mass is 127. The topological polar surface area (TPSA) is 97.4 Å². The lowest BCUT2D eigenvalue weighted by molar-refractivity contribution is -0.118. The third-order valence-corrected chi connectivity index (χ3v) is 6.38. The molecule has 0 aliphatic rings. The van der Waals surface area contributed by atoms with Crippen molar-refractivity contribution in [2.45, 2.75) is 6.92 Å². The minimum Gasteiger partial charge on any atom is -0.490 e. The minimum atomic E-state index is -0.377. The number of para-hydroxylation sites is 2. The standard InChI is InChI=1S/C26H18Cl2IN3O4/c1-2-34-23-11-15(9-16(13-30)26-32-21-5-3-4-6-22(21)36-26)10-20(29)25(23)35-14-24(33)31-17-7-8-18(27)19(28)12-17/h3-12H,2,14H2,1H3,(H,31,33)/b16-9+. The van der Waals surface area contributed by atoms with E-state index in [2.05, 4.69) is 39.0 Å². The van der Waals surface area contributed by atoms with Crippen LogP contribution in [0.2, 0.25) is 10.0 Å². The number of hydrogen-bond donors (Lipinski definition) is 1. The van der Waals surface area contributed by atoms with Crippen molar-refractivity contribution >= 4 is 80.1 Å². The summed E-state index contributed by atoms with van der Waals surface area (Å²) < 4.78 is 18.0. The molecular weight excluding hydrogens is 616 g/mol. The lowest BCUT2D eigenvalue weighted by atomic mass is 10.1. The van der Waals surface area contributed by atoms with E-state index in [9.17, 15) is 10.1 Å². The second-order valence-corrected chi connectivity index (χ2v) is 9.36. The van der Waals surface area contributed by atoms with Crippen LogP contribution in [0.3, 0.4) is 0 Å². The minimum absolute atomic E-state index is 0.228. The van der Waals surface area contributed by atoms with Gasteiger partial charge in [-0.25, -0.2) is 4.98 Å². The second-order valence-electron chi connectivity index (χ2n) is 7.39. The van der Waals surface area contributed by atoms with Gasteiger partial charge < -0.3 is 19.2 Å². The lowest BCUT2D eigenvalue weighted by Gasteiger charge is -2.15. The van der Waals surface area contributed by atoms with Gasteiger partial charge in [0.15, 0.2) is 23.7 Å². The summed E-state index contributed by atoms with van der Waals surface area (Å²) in [6, 6.07) is 17.8. The molecule has 0 unspecified atom stereocenters. The van der Waals surface area contributed by atoms with E-state index in [0.29, 0.717) is 54.1 Å². The first-order valence-electron chi connectivity index (χ1n) is 10.7. The number of halogens is 3. The van der Waals surface area contributed by atoms with E-state index in [-0.39, 0.29) is 24.0 Å². The number of carbonyl (C=O) groups excluding carboxylic acids is 1. The lowest BCUT2D eigenvalue weighted by Crippen LogP contribution is -2.20. The Hall–Kier alpha value is -3.26. The van der Waals surface area contributed by atoms with Gasteiger partial charge in [0.25, 0.3) is 5.91 Å². The summed E-state index contributed by atoms with van der Waals surface area (Å²) in [6.07, 6.45) is 1.66. The summed E-state index contributed by atoms with van der Waals surface area (Å²) in [5.74, 6) is 0.705. The molecule has 36 heavy (non-hydrogen) atoms. The first-order valence-corrected chi connectivity index (χ1v) is 12.5. The fourth-order valence-electron chi connectivity index (χ4n) is 3.28. The highest BCUT2D eigenvalue weighted by Crippen LogP contribution is 2.36. The molecule has 0 radical (unpaired) electrons. The molecule has 0 atom stereocenters. The molecule has 7 nitrogen and oxygen atoms in total. The maximum absolute atomic E-state index is 12.4. The largest absolute Gasteiger partial charge is 0.490 e. The van der Waals surface area contributed by atoms with Crippen molar-refractivity contribution in [3.05, 3.63) is 79.7 Å². The van der Waals surface area contributed by atoms with E-state index in [1.165, 1.54) is 0 Å². The molecule has 1 aromatic heterocycles. The van der Waals surface area contributed by atoms with E-state index in [1.807, 2.05) is 31.2 Å². The highest BCUT2D eigenvalue weighted by molar-refractivity contribution is 14.1. The van der Waals surface area contributed by atoms with Crippen molar-refractivity contribution in [1.82, 2.24) is 4.98 Å². The summed E-state index contributed by atoms with van der Waals surface area (Å²) >= 11 is 14.0. The number of fused-ring (bicyclic) bond motifs is 1. The first kappa shape index (κ1) is 25.8. The van der Waals surface area contributed by atoms with Gasteiger partial charge in [-0.1, -0.05) is 35.3 Å². The summed E-state index contributed by atoms with van der Waals surface area (Å²) in [4.78, 5) is 16.8. The van der Waals surface area contributed by atoms with Crippen molar-refractivity contribution in [1.29, 1.82) is 5.26 Å². The van der Waals surface area contributed by atoms with Crippen LogP contribution in [0.4, 0.5) is 5.69 Å². The molecule has 3 aromatic carbocycles. The van der Waals surface area contributed by atoms with Gasteiger partial charge in [-0.05, 0) is 83.6 Å². The van der Waals surface area contributed by atoms with Gasteiger partial charge in [-0.15, -0.1) is 0 Å². The van der Waals surface area contributed by atoms with E-state index < -0.39 is 0 Å². The second kappa shape index (κ2) is 11.6. The summed E-state index contributed by atoms with van der Waals surface area (Å²) in [5.41, 5.74) is 2.72. The SMILES string of the molecule is CCOc1cc(/C=C(\C#N)c2nc3ccccc3o2)cc(I)c1OCC(=O)Nc1ccc(Cl)c(Cl)c1. The normalized spacial score (nSPS) is 11.2. The van der Waals surface area contributed by atoms with E-state index >= 15 is 0 Å². The van der Waals surface area contributed by atoms with Crippen molar-refractivity contribution < 1.29 is 18.7 Å². The number of allylic oxidation sites excluding steroid dienone is 1. The molecule has 0 fully saturated rings. The molecule has 1 heterocycles. The number of anilines is 1. The summed E-state index contributed by atoms with van der Waals surface area (Å²) in [6.45, 7) is 1.97. The van der Waals surface area contributed by atoms with Gasteiger partial charge in [-0.3, -0.25) is 4.79 Å². The van der Waals surface area contributed by atoms with Gasteiger partial charge in [-0.2, -0.15) is 5.26 Å². The molecular formula is C26H18Cl2IN3O4. The number of nitrogens with one attached hydrogen (secondary N) is 1. The maximum Gasteiger partial charge on any atom is 0.262 e. The Balaban J connectivity index is 1.55. The Morgan fingerprint density at radius 3 is 2.69 bits per heavy atom. The number of nitriles is 1. The van der Waals surface area contributed by atoms with Crippen LogP contribution < -0.4 is 14.8 Å². The van der Waals surface area contributed by atoms with Crippen LogP contribution in [0.15, 0.2) is 59.0 Å². The molecule has 1 amide bonds. The van der Waals surface area contributed by atoms with Crippen molar-refractivity contribution in [2.24, 2.45) is 0 Å². The van der Waals surface area contributed by atoms with Crippen LogP contribution in [0.25, 0.3) is 22.7 Å². The average Bonchev–Trinajstić information content (AvgIpc) is 3.28. The van der Waals surface area contributed by atoms with Gasteiger partial charge in [0.2, 0.25) is 5.89 Å². The molecule has 182 valence electrons. The quantitative estimate of drug-likeness (QED) is 0.163. The molecule has 4 aromatic rings. The Bertz CT molecular complexity index is 1480. The first-order chi connectivity index (χ1) is 17.4. The maximum atomic E-state index is 12.4. The zero-order valence-corrected chi connectivity index (χ0v) is 22.5. The van der Waals surface area contributed by atoms with Gasteiger partial charge in [0, 0.05) is 5.69 Å². The third kappa shape index (κ3) is 6.10. The number of rotatable bonds is 8. The molecule has 0 aliphatic heterocycles. The van der Waals surface area contributed by atoms with Crippen LogP contribution in [0, 0.1) is 14.9 Å². The number of hydrogen-bond acceptors (Lipinski definition) is 6. The number of carbonyl (C=O) groups is 1. The number of aromatic nitrogens is 1. The van der Waals surface area contributed by atoms with Crippen LogP contribution >= 0.6 is 45.8 Å². The molecule has 1 N–H and O–H groups in total. The molecule has 0 saturated carbocycles. The summed E-state index contributed by atoms with van der Waals surface area (Å²) in [5, 5.41) is 13.2. The Labute approximate surface area is 230 Å². The molecule has 0 bridgehead atoms. The zero-order chi connectivity index (χ0) is 25.7. The number of nitrogens with zero attached hydrogens (tertiary/aromatic N) is 2. The van der Waals surface area contributed by atoms with Crippen LogP contribution in [0.1, 0.15) is 18.4 Å². The van der Waals surface area contributed by atoms with Crippen LogP contribution in [0.5, 0.6) is 11.5 Å². The molecule has 0 saturated heterocycles. The predicted octanol–water partition coefficient (Wildman–Crippen LogP) is 7.22. The zero-order valence-electron chi connectivity index (χ0n) is 18.8. The Kier molecular flexibility index (Phi) is 8.36. The summed E-state index contributed by atoms with van der Waals surface area (Å²) in [7, 11) is 0. The third-order valence-electron chi connectivity index (χ3n) is 4.84. The highest BCUT2D eigenvalue weighted by Gasteiger charge is 2.16. The fourth-order valence-corrected chi connectivity index (χ4v) is 4.36. The van der Waals surface area contributed by atoms with Crippen LogP contribution in [-0.4, -0.2) is 24.1 Å². The van der Waals surface area contributed by atoms with E-state index in [1.54, 1.807) is 36.4 Å². The van der Waals surface area contributed by atoms with Crippen molar-refractivity contribution in [3.8, 4) is 17.6 Å². The Morgan fingerprint density at radius 2 is 1.97 bits per heavy atom. The van der Waals surface area contributed by atoms with E-state index in [0.717, 1.165) is 0 Å². The predicted molar refractivity (Wildman–Crippen MR) is 148 cm³/mol. The van der Waals surface area contributed by atoms with Crippen molar-refractivity contribution in [3.63, 3.8) is 0 Å². The van der Waals surface area contributed by atoms with Gasteiger partial charge >= 0.3 is 0 Å². The number of benzene rings is 3. The van der Waals surface area contributed by atoms with Gasteiger partial charge in [0.05, 0.1) is 20.2 Å². The number of oxazole rings is 1. The van der Waals surface area contributed by atoms with Crippen LogP contribution in [-0.2, 0) is 4.79 Å². The monoisotopic (exact) mass is 633 g/mol. The average molecular weight is 634 g/mol. The van der Waals surface area contributed by atoms with Gasteiger partial charge in [0.1, 0.15) is 17.2 Å². The fraction of sp³-hybridized carbons (Fsp3) is 0.115. The smallest absolute Gasteiger partial charge is 0.262 e. The Morgan fingerprint density at radius 1 is 1.17 bits per heavy atom. The molecule has 10 heteroatoms. The number of amides is 1.